The molecule has 1 aromatic rings. The van der Waals surface area contributed by atoms with E-state index in [2.05, 4.69) is 6.92 Å². The van der Waals surface area contributed by atoms with Crippen molar-refractivity contribution in [3.8, 4) is 0 Å². The molecule has 1 aromatic heterocycles. The summed E-state index contributed by atoms with van der Waals surface area (Å²) >= 11 is 1.45. The number of nitrogens with two attached hydrogens (primary N) is 1. The van der Waals surface area contributed by atoms with E-state index in [9.17, 15) is 4.79 Å². The van der Waals surface area contributed by atoms with Crippen molar-refractivity contribution in [3.63, 3.8) is 0 Å². The monoisotopic (exact) mass is 257 g/mol. The molecule has 0 amide bonds. The Labute approximate surface area is 106 Å². The molecule has 0 saturated heterocycles. The van der Waals surface area contributed by atoms with E-state index in [1.54, 1.807) is 0 Å². The van der Waals surface area contributed by atoms with Gasteiger partial charge in [-0.15, -0.1) is 11.3 Å². The zero-order valence-corrected chi connectivity index (χ0v) is 10.9. The third-order valence-electron chi connectivity index (χ3n) is 2.22. The maximum Gasteiger partial charge on any atom is 0.328 e. The van der Waals surface area contributed by atoms with Gasteiger partial charge in [-0.2, -0.15) is 0 Å². The summed E-state index contributed by atoms with van der Waals surface area (Å²) in [6.45, 7) is 3.51. The summed E-state index contributed by atoms with van der Waals surface area (Å²) < 4.78 is 10.3. The SMILES string of the molecule is CCCCOCCOC(=O)C(N)c1cccs1. The van der Waals surface area contributed by atoms with Crippen molar-refractivity contribution in [2.45, 2.75) is 25.8 Å². The van der Waals surface area contributed by atoms with E-state index in [-0.39, 0.29) is 6.61 Å². The number of hydrogen-bond acceptors (Lipinski definition) is 5. The van der Waals surface area contributed by atoms with Gasteiger partial charge in [0.2, 0.25) is 0 Å². The maximum atomic E-state index is 11.5. The first kappa shape index (κ1) is 14.2. The van der Waals surface area contributed by atoms with Crippen LogP contribution in [0, 0.1) is 0 Å². The Bertz CT molecular complexity index is 314. The number of carbonyl (C=O) groups excluding carboxylic acids is 1. The van der Waals surface area contributed by atoms with Gasteiger partial charge in [-0.25, -0.2) is 4.79 Å². The summed E-state index contributed by atoms with van der Waals surface area (Å²) in [4.78, 5) is 12.4. The lowest BCUT2D eigenvalue weighted by atomic mass is 10.2. The predicted octanol–water partition coefficient (Wildman–Crippen LogP) is 2.11. The fraction of sp³-hybridized carbons (Fsp3) is 0.583. The minimum absolute atomic E-state index is 0.265. The molecule has 17 heavy (non-hydrogen) atoms. The van der Waals surface area contributed by atoms with Crippen LogP contribution in [0.15, 0.2) is 17.5 Å². The summed E-state index contributed by atoms with van der Waals surface area (Å²) in [5, 5.41) is 1.89. The third kappa shape index (κ3) is 5.30. The number of ether oxygens (including phenoxy) is 2. The minimum Gasteiger partial charge on any atom is -0.462 e. The smallest absolute Gasteiger partial charge is 0.328 e. The van der Waals surface area contributed by atoms with E-state index in [1.807, 2.05) is 17.5 Å². The quantitative estimate of drug-likeness (QED) is 0.572. The van der Waals surface area contributed by atoms with Gasteiger partial charge in [-0.3, -0.25) is 0 Å². The van der Waals surface area contributed by atoms with Crippen molar-refractivity contribution in [2.75, 3.05) is 19.8 Å². The van der Waals surface area contributed by atoms with E-state index in [0.29, 0.717) is 13.2 Å². The molecule has 0 aromatic carbocycles. The van der Waals surface area contributed by atoms with Gasteiger partial charge < -0.3 is 15.2 Å². The number of hydrogen-bond donors (Lipinski definition) is 1. The molecule has 0 radical (unpaired) electrons. The zero-order valence-electron chi connectivity index (χ0n) is 10.1. The highest BCUT2D eigenvalue weighted by Gasteiger charge is 2.17. The Morgan fingerprint density at radius 2 is 2.29 bits per heavy atom. The number of esters is 1. The van der Waals surface area contributed by atoms with Crippen molar-refractivity contribution < 1.29 is 14.3 Å². The fourth-order valence-corrected chi connectivity index (χ4v) is 1.94. The summed E-state index contributed by atoms with van der Waals surface area (Å²) in [5.74, 6) is -0.397. The first-order valence-corrected chi connectivity index (χ1v) is 6.67. The zero-order chi connectivity index (χ0) is 12.5. The van der Waals surface area contributed by atoms with Gasteiger partial charge >= 0.3 is 5.97 Å². The first-order valence-electron chi connectivity index (χ1n) is 5.79. The van der Waals surface area contributed by atoms with Gasteiger partial charge in [0, 0.05) is 11.5 Å². The summed E-state index contributed by atoms with van der Waals surface area (Å²) in [6.07, 6.45) is 2.13. The molecular weight excluding hydrogens is 238 g/mol. The number of carbonyl (C=O) groups is 1. The van der Waals surface area contributed by atoms with Crippen LogP contribution in [0.2, 0.25) is 0 Å². The van der Waals surface area contributed by atoms with E-state index in [1.165, 1.54) is 11.3 Å². The largest absolute Gasteiger partial charge is 0.462 e. The normalized spacial score (nSPS) is 12.4. The molecule has 0 aliphatic heterocycles. The molecule has 2 N–H and O–H groups in total. The molecule has 0 bridgehead atoms. The highest BCUT2D eigenvalue weighted by molar-refractivity contribution is 7.10. The molecule has 4 nitrogen and oxygen atoms in total. The molecule has 1 unspecified atom stereocenters. The second kappa shape index (κ2) is 8.22. The molecule has 0 aliphatic rings. The van der Waals surface area contributed by atoms with Crippen LogP contribution in [0.5, 0.6) is 0 Å². The van der Waals surface area contributed by atoms with Crippen LogP contribution in [0.4, 0.5) is 0 Å². The fourth-order valence-electron chi connectivity index (χ4n) is 1.22. The Hall–Kier alpha value is -0.910. The van der Waals surface area contributed by atoms with Crippen LogP contribution in [0.25, 0.3) is 0 Å². The van der Waals surface area contributed by atoms with Gasteiger partial charge in [0.05, 0.1) is 6.61 Å². The lowest BCUT2D eigenvalue weighted by molar-refractivity contribution is -0.146. The molecule has 0 fully saturated rings. The van der Waals surface area contributed by atoms with E-state index >= 15 is 0 Å². The third-order valence-corrected chi connectivity index (χ3v) is 3.17. The Morgan fingerprint density at radius 3 is 2.94 bits per heavy atom. The van der Waals surface area contributed by atoms with Crippen LogP contribution in [-0.2, 0) is 14.3 Å². The molecule has 0 saturated carbocycles. The van der Waals surface area contributed by atoms with Crippen LogP contribution >= 0.6 is 11.3 Å². The standard InChI is InChI=1S/C12H19NO3S/c1-2-3-6-15-7-8-16-12(14)11(13)10-5-4-9-17-10/h4-5,9,11H,2-3,6-8,13H2,1H3. The molecule has 1 atom stereocenters. The van der Waals surface area contributed by atoms with Crippen molar-refractivity contribution >= 4 is 17.3 Å². The van der Waals surface area contributed by atoms with Crippen molar-refractivity contribution in [1.82, 2.24) is 0 Å². The molecule has 0 aliphatic carbocycles. The predicted molar refractivity (Wildman–Crippen MR) is 67.9 cm³/mol. The van der Waals surface area contributed by atoms with Gasteiger partial charge in [0.15, 0.2) is 0 Å². The molecule has 0 spiro atoms. The number of thiophene rings is 1. The summed E-state index contributed by atoms with van der Waals surface area (Å²) in [7, 11) is 0. The minimum atomic E-state index is -0.675. The molecule has 5 heteroatoms. The van der Waals surface area contributed by atoms with Crippen molar-refractivity contribution in [1.29, 1.82) is 0 Å². The highest BCUT2D eigenvalue weighted by Crippen LogP contribution is 2.17. The van der Waals surface area contributed by atoms with Crippen LogP contribution in [0.3, 0.4) is 0 Å². The number of unbranched alkanes of at least 4 members (excludes halogenated alkanes) is 1. The Morgan fingerprint density at radius 1 is 1.47 bits per heavy atom. The second-order valence-electron chi connectivity index (χ2n) is 3.63. The van der Waals surface area contributed by atoms with Gasteiger partial charge in [-0.05, 0) is 17.9 Å². The molecule has 1 heterocycles. The number of rotatable bonds is 8. The highest BCUT2D eigenvalue weighted by atomic mass is 32.1. The topological polar surface area (TPSA) is 61.5 Å². The van der Waals surface area contributed by atoms with E-state index in [0.717, 1.165) is 17.7 Å². The average Bonchev–Trinajstić information content (AvgIpc) is 2.86. The molecular formula is C12H19NO3S. The maximum absolute atomic E-state index is 11.5. The van der Waals surface area contributed by atoms with Gasteiger partial charge in [-0.1, -0.05) is 19.4 Å². The first-order chi connectivity index (χ1) is 8.25. The van der Waals surface area contributed by atoms with Crippen molar-refractivity contribution in [2.24, 2.45) is 5.73 Å². The average molecular weight is 257 g/mol. The molecule has 1 rings (SSSR count). The lowest BCUT2D eigenvalue weighted by Gasteiger charge is -2.10. The second-order valence-corrected chi connectivity index (χ2v) is 4.61. The Kier molecular flexibility index (Phi) is 6.84. The van der Waals surface area contributed by atoms with Gasteiger partial charge in [0.1, 0.15) is 12.6 Å². The van der Waals surface area contributed by atoms with Crippen LogP contribution in [-0.4, -0.2) is 25.8 Å². The molecule has 96 valence electrons. The van der Waals surface area contributed by atoms with Crippen LogP contribution in [0.1, 0.15) is 30.7 Å². The summed E-state index contributed by atoms with van der Waals surface area (Å²) in [6, 6.07) is 3.01. The van der Waals surface area contributed by atoms with Crippen molar-refractivity contribution in [3.05, 3.63) is 22.4 Å². The van der Waals surface area contributed by atoms with E-state index < -0.39 is 12.0 Å². The van der Waals surface area contributed by atoms with Crippen LogP contribution < -0.4 is 5.73 Å². The van der Waals surface area contributed by atoms with E-state index in [4.69, 9.17) is 15.2 Å². The van der Waals surface area contributed by atoms with Gasteiger partial charge in [0.25, 0.3) is 0 Å². The summed E-state index contributed by atoms with van der Waals surface area (Å²) in [5.41, 5.74) is 5.74. The Balaban J connectivity index is 2.13. The lowest BCUT2D eigenvalue weighted by Crippen LogP contribution is -2.24.